The van der Waals surface area contributed by atoms with Crippen molar-refractivity contribution in [2.24, 2.45) is 7.05 Å². The van der Waals surface area contributed by atoms with E-state index in [1.807, 2.05) is 13.0 Å². The molecule has 1 N–H and O–H groups in total. The van der Waals surface area contributed by atoms with Crippen LogP contribution in [-0.2, 0) is 7.05 Å². The van der Waals surface area contributed by atoms with Crippen LogP contribution in [0.4, 0.5) is 0 Å². The number of benzene rings is 1. The molecular formula is C14H13BrN2O4. The third kappa shape index (κ3) is 2.27. The van der Waals surface area contributed by atoms with E-state index >= 15 is 0 Å². The fraction of sp³-hybridized carbons (Fsp3) is 0.286. The summed E-state index contributed by atoms with van der Waals surface area (Å²) in [6.45, 7) is 2.94. The van der Waals surface area contributed by atoms with Crippen molar-refractivity contribution >= 4 is 21.9 Å². The van der Waals surface area contributed by atoms with Gasteiger partial charge in [-0.25, -0.2) is 4.79 Å². The van der Waals surface area contributed by atoms with Gasteiger partial charge in [-0.05, 0) is 40.5 Å². The van der Waals surface area contributed by atoms with Crippen molar-refractivity contribution in [2.45, 2.75) is 6.92 Å². The van der Waals surface area contributed by atoms with Gasteiger partial charge in [0.2, 0.25) is 0 Å². The maximum absolute atomic E-state index is 11.1. The van der Waals surface area contributed by atoms with Crippen LogP contribution < -0.4 is 9.47 Å². The highest BCUT2D eigenvalue weighted by molar-refractivity contribution is 9.10. The average molecular weight is 353 g/mol. The van der Waals surface area contributed by atoms with Gasteiger partial charge in [0.05, 0.1) is 10.2 Å². The molecule has 0 amide bonds. The molecule has 0 saturated heterocycles. The first-order valence-corrected chi connectivity index (χ1v) is 7.14. The second kappa shape index (κ2) is 5.07. The number of nitrogens with zero attached hydrogens (tertiary/aromatic N) is 2. The predicted octanol–water partition coefficient (Wildman–Crippen LogP) is 2.63. The van der Waals surface area contributed by atoms with E-state index in [0.29, 0.717) is 30.4 Å². The largest absolute Gasteiger partial charge is 0.486 e. The first-order chi connectivity index (χ1) is 9.99. The number of aromatic nitrogens is 2. The van der Waals surface area contributed by atoms with E-state index in [1.165, 1.54) is 0 Å². The molecule has 0 bridgehead atoms. The minimum absolute atomic E-state index is 0.0120. The molecule has 1 aliphatic heterocycles. The lowest BCUT2D eigenvalue weighted by atomic mass is 10.0. The van der Waals surface area contributed by atoms with Crippen molar-refractivity contribution in [1.82, 2.24) is 9.78 Å². The molecule has 1 aromatic carbocycles. The number of hydrogen-bond donors (Lipinski definition) is 1. The van der Waals surface area contributed by atoms with E-state index in [9.17, 15) is 4.79 Å². The summed E-state index contributed by atoms with van der Waals surface area (Å²) in [5, 5.41) is 13.1. The minimum Gasteiger partial charge on any atom is -0.486 e. The number of aryl methyl sites for hydroxylation is 1. The van der Waals surface area contributed by atoms with E-state index in [4.69, 9.17) is 14.6 Å². The van der Waals surface area contributed by atoms with E-state index in [2.05, 4.69) is 21.0 Å². The number of carbonyl (C=O) groups is 1. The fourth-order valence-corrected chi connectivity index (χ4v) is 2.85. The van der Waals surface area contributed by atoms with Crippen LogP contribution >= 0.6 is 15.9 Å². The number of hydrogen-bond acceptors (Lipinski definition) is 4. The smallest absolute Gasteiger partial charge is 0.356 e. The number of carboxylic acid groups (broad SMARTS) is 1. The third-order valence-corrected chi connectivity index (χ3v) is 4.35. The summed E-state index contributed by atoms with van der Waals surface area (Å²) < 4.78 is 13.6. The predicted molar refractivity (Wildman–Crippen MR) is 79.0 cm³/mol. The number of aromatic carboxylic acids is 1. The van der Waals surface area contributed by atoms with Crippen LogP contribution in [0.25, 0.3) is 11.3 Å². The molecule has 21 heavy (non-hydrogen) atoms. The van der Waals surface area contributed by atoms with Crippen molar-refractivity contribution in [1.29, 1.82) is 0 Å². The zero-order valence-corrected chi connectivity index (χ0v) is 13.1. The van der Waals surface area contributed by atoms with Crippen LogP contribution in [0.2, 0.25) is 0 Å². The highest BCUT2D eigenvalue weighted by Gasteiger charge is 2.22. The molecule has 7 heteroatoms. The average Bonchev–Trinajstić information content (AvgIpc) is 2.85. The third-order valence-electron chi connectivity index (χ3n) is 3.39. The maximum Gasteiger partial charge on any atom is 0.356 e. The highest BCUT2D eigenvalue weighted by atomic mass is 79.9. The van der Waals surface area contributed by atoms with Crippen LogP contribution in [-0.4, -0.2) is 34.1 Å². The van der Waals surface area contributed by atoms with Gasteiger partial charge >= 0.3 is 5.97 Å². The molecule has 0 unspecified atom stereocenters. The van der Waals surface area contributed by atoms with Gasteiger partial charge in [0.15, 0.2) is 17.2 Å². The Kier molecular flexibility index (Phi) is 3.36. The second-order valence-electron chi connectivity index (χ2n) is 4.73. The SMILES string of the molecule is Cc1c(-c2cc(C(=O)O)nn2C)cc2c(c1Br)OCCO2. The summed E-state index contributed by atoms with van der Waals surface area (Å²) in [5.74, 6) is 0.279. The number of carboxylic acids is 1. The molecule has 0 atom stereocenters. The zero-order chi connectivity index (χ0) is 15.1. The molecule has 2 heterocycles. The van der Waals surface area contributed by atoms with Crippen LogP contribution in [0, 0.1) is 6.92 Å². The minimum atomic E-state index is -1.05. The Labute approximate surface area is 129 Å². The molecule has 0 saturated carbocycles. The van der Waals surface area contributed by atoms with Gasteiger partial charge in [-0.3, -0.25) is 4.68 Å². The molecule has 110 valence electrons. The number of fused-ring (bicyclic) bond motifs is 1. The highest BCUT2D eigenvalue weighted by Crippen LogP contribution is 2.44. The number of rotatable bonds is 2. The standard InChI is InChI=1S/C14H13BrN2O4/c1-7-8(10-6-9(14(18)19)16-17(10)2)5-11-13(12(7)15)21-4-3-20-11/h5-6H,3-4H2,1-2H3,(H,18,19). The van der Waals surface area contributed by atoms with Gasteiger partial charge < -0.3 is 14.6 Å². The Morgan fingerprint density at radius 3 is 2.76 bits per heavy atom. The van der Waals surface area contributed by atoms with Gasteiger partial charge in [0.25, 0.3) is 0 Å². The summed E-state index contributed by atoms with van der Waals surface area (Å²) in [7, 11) is 1.71. The van der Waals surface area contributed by atoms with Crippen LogP contribution in [0.3, 0.4) is 0 Å². The zero-order valence-electron chi connectivity index (χ0n) is 11.5. The van der Waals surface area contributed by atoms with Crippen LogP contribution in [0.5, 0.6) is 11.5 Å². The van der Waals surface area contributed by atoms with Crippen LogP contribution in [0.1, 0.15) is 16.1 Å². The Bertz CT molecular complexity index is 739. The van der Waals surface area contributed by atoms with E-state index in [0.717, 1.165) is 15.6 Å². The number of ether oxygens (including phenoxy) is 2. The van der Waals surface area contributed by atoms with Crippen LogP contribution in [0.15, 0.2) is 16.6 Å². The van der Waals surface area contributed by atoms with E-state index in [1.54, 1.807) is 17.8 Å². The fourth-order valence-electron chi connectivity index (χ4n) is 2.33. The Morgan fingerprint density at radius 1 is 1.38 bits per heavy atom. The molecule has 0 radical (unpaired) electrons. The Morgan fingerprint density at radius 2 is 2.10 bits per heavy atom. The summed E-state index contributed by atoms with van der Waals surface area (Å²) in [6.07, 6.45) is 0. The first kappa shape index (κ1) is 13.9. The molecule has 0 spiro atoms. The van der Waals surface area contributed by atoms with Crippen molar-refractivity contribution in [2.75, 3.05) is 13.2 Å². The maximum atomic E-state index is 11.1. The first-order valence-electron chi connectivity index (χ1n) is 6.35. The summed E-state index contributed by atoms with van der Waals surface area (Å²) in [6, 6.07) is 3.41. The monoisotopic (exact) mass is 352 g/mol. The molecule has 6 nitrogen and oxygen atoms in total. The van der Waals surface area contributed by atoms with Crippen molar-refractivity contribution in [3.63, 3.8) is 0 Å². The van der Waals surface area contributed by atoms with Gasteiger partial charge in [0, 0.05) is 12.6 Å². The lowest BCUT2D eigenvalue weighted by molar-refractivity contribution is 0.0689. The molecule has 2 aromatic rings. The van der Waals surface area contributed by atoms with Crippen molar-refractivity contribution in [3.8, 4) is 22.8 Å². The number of halogens is 1. The normalized spacial score (nSPS) is 13.3. The van der Waals surface area contributed by atoms with Crippen molar-refractivity contribution < 1.29 is 19.4 Å². The van der Waals surface area contributed by atoms with E-state index < -0.39 is 5.97 Å². The molecule has 0 fully saturated rings. The molecule has 3 rings (SSSR count). The quantitative estimate of drug-likeness (QED) is 0.899. The summed E-state index contributed by atoms with van der Waals surface area (Å²) in [4.78, 5) is 11.1. The topological polar surface area (TPSA) is 73.6 Å². The second-order valence-corrected chi connectivity index (χ2v) is 5.52. The summed E-state index contributed by atoms with van der Waals surface area (Å²) in [5.41, 5.74) is 2.52. The summed E-state index contributed by atoms with van der Waals surface area (Å²) >= 11 is 3.52. The van der Waals surface area contributed by atoms with Gasteiger partial charge in [-0.2, -0.15) is 5.10 Å². The molecule has 0 aliphatic carbocycles. The van der Waals surface area contributed by atoms with Crippen molar-refractivity contribution in [3.05, 3.63) is 27.9 Å². The lowest BCUT2D eigenvalue weighted by Crippen LogP contribution is -2.16. The Hall–Kier alpha value is -2.02. The molecular weight excluding hydrogens is 340 g/mol. The van der Waals surface area contributed by atoms with Gasteiger partial charge in [-0.1, -0.05) is 0 Å². The van der Waals surface area contributed by atoms with E-state index in [-0.39, 0.29) is 5.69 Å². The van der Waals surface area contributed by atoms with Gasteiger partial charge in [-0.15, -0.1) is 0 Å². The van der Waals surface area contributed by atoms with Gasteiger partial charge in [0.1, 0.15) is 13.2 Å². The Balaban J connectivity index is 2.19. The lowest BCUT2D eigenvalue weighted by Gasteiger charge is -2.22. The molecule has 1 aromatic heterocycles. The molecule has 1 aliphatic rings.